The Labute approximate surface area is 177 Å². The molecule has 3 aromatic rings. The highest BCUT2D eigenvalue weighted by atomic mass is 32.1. The van der Waals surface area contributed by atoms with Crippen LogP contribution in [0.2, 0.25) is 0 Å². The van der Waals surface area contributed by atoms with Crippen molar-refractivity contribution in [1.29, 1.82) is 0 Å². The second kappa shape index (κ2) is 10.4. The number of nitrogens with one attached hydrogen (secondary N) is 2. The van der Waals surface area contributed by atoms with Crippen LogP contribution in [0.4, 0.5) is 0 Å². The van der Waals surface area contributed by atoms with E-state index in [-0.39, 0.29) is 0 Å². The van der Waals surface area contributed by atoms with Gasteiger partial charge in [-0.1, -0.05) is 48.5 Å². The van der Waals surface area contributed by atoms with Gasteiger partial charge in [-0.15, -0.1) is 11.3 Å². The number of benzene rings is 2. The van der Waals surface area contributed by atoms with Gasteiger partial charge in [0.1, 0.15) is 6.10 Å². The standard InChI is InChI=1S/C23H30N4OS/c1-24-23(25-15-19(27(2)3)13-17-9-5-4-6-10-17)26-16-20(28)22-14-18-11-7-8-12-21(18)29-22/h4-12,14,19-20,28H,13,15-16H2,1-3H3,(H2,24,25,26). The molecular weight excluding hydrogens is 380 g/mol. The number of aliphatic imine (C=N–C) groups is 1. The minimum absolute atomic E-state index is 0.337. The summed E-state index contributed by atoms with van der Waals surface area (Å²) in [5, 5.41) is 18.4. The van der Waals surface area contributed by atoms with Crippen molar-refractivity contribution >= 4 is 27.4 Å². The zero-order valence-electron chi connectivity index (χ0n) is 17.3. The number of likely N-dealkylation sites (N-methyl/N-ethyl adjacent to an activating group) is 1. The zero-order chi connectivity index (χ0) is 20.6. The van der Waals surface area contributed by atoms with Crippen LogP contribution in [0.1, 0.15) is 16.5 Å². The van der Waals surface area contributed by atoms with Crippen molar-refractivity contribution in [3.63, 3.8) is 0 Å². The second-order valence-corrected chi connectivity index (χ2v) is 8.46. The third-order valence-corrected chi connectivity index (χ3v) is 6.23. The maximum atomic E-state index is 10.6. The van der Waals surface area contributed by atoms with Gasteiger partial charge in [0.05, 0.1) is 0 Å². The van der Waals surface area contributed by atoms with E-state index in [0.29, 0.717) is 18.5 Å². The van der Waals surface area contributed by atoms with E-state index < -0.39 is 6.10 Å². The summed E-state index contributed by atoms with van der Waals surface area (Å²) in [6.45, 7) is 1.18. The molecule has 1 aromatic heterocycles. The first-order valence-corrected chi connectivity index (χ1v) is 10.7. The minimum Gasteiger partial charge on any atom is -0.386 e. The Kier molecular flexibility index (Phi) is 7.63. The van der Waals surface area contributed by atoms with Crippen molar-refractivity contribution in [2.24, 2.45) is 4.99 Å². The van der Waals surface area contributed by atoms with Crippen LogP contribution in [-0.2, 0) is 6.42 Å². The fourth-order valence-corrected chi connectivity index (χ4v) is 4.27. The molecule has 2 aromatic carbocycles. The van der Waals surface area contributed by atoms with Crippen molar-refractivity contribution in [3.8, 4) is 0 Å². The highest BCUT2D eigenvalue weighted by molar-refractivity contribution is 7.19. The number of aliphatic hydroxyl groups excluding tert-OH is 1. The summed E-state index contributed by atoms with van der Waals surface area (Å²) >= 11 is 1.63. The van der Waals surface area contributed by atoms with Crippen LogP contribution in [0.25, 0.3) is 10.1 Å². The number of aliphatic hydroxyl groups is 1. The molecule has 5 nitrogen and oxygen atoms in total. The number of rotatable bonds is 8. The lowest BCUT2D eigenvalue weighted by Gasteiger charge is -2.26. The van der Waals surface area contributed by atoms with E-state index in [1.54, 1.807) is 18.4 Å². The monoisotopic (exact) mass is 410 g/mol. The summed E-state index contributed by atoms with van der Waals surface area (Å²) in [5.41, 5.74) is 1.32. The predicted octanol–water partition coefficient (Wildman–Crippen LogP) is 3.27. The summed E-state index contributed by atoms with van der Waals surface area (Å²) in [7, 11) is 5.94. The number of hydrogen-bond donors (Lipinski definition) is 3. The first kappa shape index (κ1) is 21.3. The number of fused-ring (bicyclic) bond motifs is 1. The quantitative estimate of drug-likeness (QED) is 0.394. The predicted molar refractivity (Wildman–Crippen MR) is 124 cm³/mol. The highest BCUT2D eigenvalue weighted by Crippen LogP contribution is 2.29. The lowest BCUT2D eigenvalue weighted by Crippen LogP contribution is -2.46. The van der Waals surface area contributed by atoms with Crippen LogP contribution >= 0.6 is 11.3 Å². The third-order valence-electron chi connectivity index (χ3n) is 5.01. The molecule has 0 aliphatic heterocycles. The molecule has 0 fully saturated rings. The molecule has 154 valence electrons. The van der Waals surface area contributed by atoms with Crippen molar-refractivity contribution in [2.45, 2.75) is 18.6 Å². The molecule has 3 rings (SSSR count). The highest BCUT2D eigenvalue weighted by Gasteiger charge is 2.15. The van der Waals surface area contributed by atoms with Gasteiger partial charge in [-0.2, -0.15) is 0 Å². The fourth-order valence-electron chi connectivity index (χ4n) is 3.22. The largest absolute Gasteiger partial charge is 0.386 e. The molecule has 0 spiro atoms. The minimum atomic E-state index is -0.570. The molecule has 2 atom stereocenters. The van der Waals surface area contributed by atoms with Gasteiger partial charge in [0.15, 0.2) is 5.96 Å². The molecule has 0 radical (unpaired) electrons. The Morgan fingerprint density at radius 3 is 2.41 bits per heavy atom. The van der Waals surface area contributed by atoms with Crippen LogP contribution in [0.15, 0.2) is 65.7 Å². The van der Waals surface area contributed by atoms with E-state index in [4.69, 9.17) is 0 Å². The Morgan fingerprint density at radius 1 is 1.03 bits per heavy atom. The lowest BCUT2D eigenvalue weighted by atomic mass is 10.1. The van der Waals surface area contributed by atoms with E-state index >= 15 is 0 Å². The molecule has 29 heavy (non-hydrogen) atoms. The Balaban J connectivity index is 1.52. The van der Waals surface area contributed by atoms with Crippen molar-refractivity contribution in [1.82, 2.24) is 15.5 Å². The maximum Gasteiger partial charge on any atom is 0.191 e. The fraction of sp³-hybridized carbons (Fsp3) is 0.348. The summed E-state index contributed by atoms with van der Waals surface area (Å²) in [6, 6.07) is 21.1. The van der Waals surface area contributed by atoms with Gasteiger partial charge < -0.3 is 20.6 Å². The van der Waals surface area contributed by atoms with Gasteiger partial charge >= 0.3 is 0 Å². The molecular formula is C23H30N4OS. The molecule has 1 heterocycles. The normalized spacial score (nSPS) is 14.2. The van der Waals surface area contributed by atoms with E-state index in [1.165, 1.54) is 15.6 Å². The smallest absolute Gasteiger partial charge is 0.191 e. The Morgan fingerprint density at radius 2 is 1.72 bits per heavy atom. The molecule has 0 saturated carbocycles. The van der Waals surface area contributed by atoms with Gasteiger partial charge in [0, 0.05) is 35.8 Å². The Bertz CT molecular complexity index is 890. The van der Waals surface area contributed by atoms with Crippen LogP contribution in [0, 0.1) is 0 Å². The van der Waals surface area contributed by atoms with Crippen LogP contribution in [0.3, 0.4) is 0 Å². The molecule has 2 unspecified atom stereocenters. The molecule has 0 amide bonds. The number of hydrogen-bond acceptors (Lipinski definition) is 4. The van der Waals surface area contributed by atoms with E-state index in [0.717, 1.165) is 17.8 Å². The van der Waals surface area contributed by atoms with E-state index in [9.17, 15) is 5.11 Å². The van der Waals surface area contributed by atoms with Gasteiger partial charge in [-0.25, -0.2) is 0 Å². The van der Waals surface area contributed by atoms with Crippen LogP contribution in [0.5, 0.6) is 0 Å². The first-order valence-electron chi connectivity index (χ1n) is 9.88. The molecule has 0 aliphatic carbocycles. The van der Waals surface area contributed by atoms with Crippen LogP contribution < -0.4 is 10.6 Å². The van der Waals surface area contributed by atoms with Gasteiger partial charge in [-0.05, 0) is 43.6 Å². The lowest BCUT2D eigenvalue weighted by molar-refractivity contribution is 0.184. The number of guanidine groups is 1. The second-order valence-electron chi connectivity index (χ2n) is 7.34. The number of nitrogens with zero attached hydrogens (tertiary/aromatic N) is 2. The van der Waals surface area contributed by atoms with Gasteiger partial charge in [0.25, 0.3) is 0 Å². The van der Waals surface area contributed by atoms with E-state index in [2.05, 4.69) is 77.1 Å². The zero-order valence-corrected chi connectivity index (χ0v) is 18.1. The molecule has 3 N–H and O–H groups in total. The van der Waals surface area contributed by atoms with Gasteiger partial charge in [-0.3, -0.25) is 4.99 Å². The first-order chi connectivity index (χ1) is 14.1. The van der Waals surface area contributed by atoms with Crippen molar-refractivity contribution < 1.29 is 5.11 Å². The average molecular weight is 411 g/mol. The Hall–Kier alpha value is -2.41. The molecule has 0 saturated heterocycles. The van der Waals surface area contributed by atoms with Crippen molar-refractivity contribution in [2.75, 3.05) is 34.2 Å². The van der Waals surface area contributed by atoms with Crippen molar-refractivity contribution in [3.05, 3.63) is 71.1 Å². The van der Waals surface area contributed by atoms with E-state index in [1.807, 2.05) is 18.2 Å². The maximum absolute atomic E-state index is 10.6. The average Bonchev–Trinajstić information content (AvgIpc) is 3.17. The topological polar surface area (TPSA) is 59.9 Å². The molecule has 6 heteroatoms. The summed E-state index contributed by atoms with van der Waals surface area (Å²) in [5.74, 6) is 0.699. The summed E-state index contributed by atoms with van der Waals surface area (Å²) in [4.78, 5) is 7.49. The molecule has 0 aliphatic rings. The van der Waals surface area contributed by atoms with Crippen LogP contribution in [-0.4, -0.2) is 56.2 Å². The molecule has 0 bridgehead atoms. The SMILES string of the molecule is CN=C(NCC(O)c1cc2ccccc2s1)NCC(Cc1ccccc1)N(C)C. The third kappa shape index (κ3) is 6.03. The summed E-state index contributed by atoms with van der Waals surface area (Å²) < 4.78 is 1.19. The van der Waals surface area contributed by atoms with Gasteiger partial charge in [0.2, 0.25) is 0 Å². The summed E-state index contributed by atoms with van der Waals surface area (Å²) in [6.07, 6.45) is 0.391. The number of thiophene rings is 1.